The molecule has 6 heteroatoms. The molecule has 1 aromatic carbocycles. The molecule has 0 radical (unpaired) electrons. The molecule has 94 valence electrons. The van der Waals surface area contributed by atoms with E-state index in [0.717, 1.165) is 0 Å². The molecule has 0 saturated carbocycles. The highest BCUT2D eigenvalue weighted by Crippen LogP contribution is 2.21. The second kappa shape index (κ2) is 6.67. The molecule has 1 amide bonds. The minimum atomic E-state index is -0.119. The van der Waals surface area contributed by atoms with E-state index in [4.69, 9.17) is 5.26 Å². The van der Waals surface area contributed by atoms with E-state index in [0.29, 0.717) is 16.4 Å². The van der Waals surface area contributed by atoms with Crippen LogP contribution in [0.4, 0.5) is 5.69 Å². The van der Waals surface area contributed by atoms with Gasteiger partial charge < -0.3 is 4.90 Å². The van der Waals surface area contributed by atoms with E-state index in [1.165, 1.54) is 16.7 Å². The Balaban J connectivity index is 3.17. The number of amidine groups is 1. The number of hydrogen-bond acceptors (Lipinski definition) is 4. The summed E-state index contributed by atoms with van der Waals surface area (Å²) in [6, 6.07) is 7.04. The molecule has 0 heterocycles. The Bertz CT molecular complexity index is 505. The van der Waals surface area contributed by atoms with Gasteiger partial charge in [0.15, 0.2) is 11.4 Å². The Morgan fingerprint density at radius 1 is 1.44 bits per heavy atom. The fraction of sp³-hybridized carbons (Fsp3) is 0.250. The molecular weight excluding hydrogens is 248 g/mol. The summed E-state index contributed by atoms with van der Waals surface area (Å²) in [6.45, 7) is 0. The van der Waals surface area contributed by atoms with Crippen molar-refractivity contribution in [3.8, 4) is 6.19 Å². The summed E-state index contributed by atoms with van der Waals surface area (Å²) in [5.74, 6) is -0.119. The minimum absolute atomic E-state index is 0.119. The second-order valence-corrected chi connectivity index (χ2v) is 4.37. The van der Waals surface area contributed by atoms with Crippen LogP contribution < -0.4 is 5.32 Å². The molecule has 1 aromatic rings. The van der Waals surface area contributed by atoms with Gasteiger partial charge in [0, 0.05) is 14.1 Å². The van der Waals surface area contributed by atoms with Gasteiger partial charge in [-0.3, -0.25) is 10.1 Å². The number of para-hydroxylation sites is 1. The topological polar surface area (TPSA) is 68.5 Å². The van der Waals surface area contributed by atoms with Crippen molar-refractivity contribution in [3.05, 3.63) is 29.8 Å². The summed E-state index contributed by atoms with van der Waals surface area (Å²) < 4.78 is 0. The fourth-order valence-corrected chi connectivity index (χ4v) is 1.61. The van der Waals surface area contributed by atoms with E-state index >= 15 is 0 Å². The molecule has 0 fully saturated rings. The molecule has 18 heavy (non-hydrogen) atoms. The number of nitriles is 1. The normalized spacial score (nSPS) is 10.7. The lowest BCUT2D eigenvalue weighted by molar-refractivity contribution is 0.0828. The number of rotatable bonds is 2. The Kier molecular flexibility index (Phi) is 5.21. The average Bonchev–Trinajstić information content (AvgIpc) is 2.37. The Morgan fingerprint density at radius 3 is 2.67 bits per heavy atom. The highest BCUT2D eigenvalue weighted by molar-refractivity contribution is 8.13. The van der Waals surface area contributed by atoms with E-state index in [-0.39, 0.29) is 5.91 Å². The van der Waals surface area contributed by atoms with Crippen LogP contribution in [0.3, 0.4) is 0 Å². The summed E-state index contributed by atoms with van der Waals surface area (Å²) in [5, 5.41) is 11.5. The van der Waals surface area contributed by atoms with Gasteiger partial charge in [-0.1, -0.05) is 23.9 Å². The Morgan fingerprint density at radius 2 is 2.11 bits per heavy atom. The first-order valence-corrected chi connectivity index (χ1v) is 6.41. The number of amides is 1. The molecule has 0 unspecified atom stereocenters. The molecule has 1 N–H and O–H groups in total. The number of nitrogens with zero attached hydrogens (tertiary/aromatic N) is 3. The average molecular weight is 262 g/mol. The maximum absolute atomic E-state index is 12.0. The molecule has 0 atom stereocenters. The van der Waals surface area contributed by atoms with Gasteiger partial charge in [-0.15, -0.1) is 0 Å². The zero-order valence-corrected chi connectivity index (χ0v) is 11.3. The van der Waals surface area contributed by atoms with Crippen LogP contribution >= 0.6 is 11.8 Å². The van der Waals surface area contributed by atoms with Crippen molar-refractivity contribution < 1.29 is 4.79 Å². The summed E-state index contributed by atoms with van der Waals surface area (Å²) in [5.41, 5.74) is 1.05. The van der Waals surface area contributed by atoms with Crippen LogP contribution in [-0.4, -0.2) is 36.3 Å². The number of benzene rings is 1. The van der Waals surface area contributed by atoms with Crippen molar-refractivity contribution in [2.75, 3.05) is 20.4 Å². The van der Waals surface area contributed by atoms with Crippen LogP contribution in [0.2, 0.25) is 0 Å². The van der Waals surface area contributed by atoms with Gasteiger partial charge in [0.1, 0.15) is 0 Å². The zero-order valence-electron chi connectivity index (χ0n) is 10.5. The lowest BCUT2D eigenvalue weighted by atomic mass is 10.1. The molecular formula is C12H14N4OS. The number of carbonyl (C=O) groups excluding carboxylic acids is 1. The van der Waals surface area contributed by atoms with Gasteiger partial charge in [0.25, 0.3) is 5.91 Å². The molecule has 0 aliphatic carbocycles. The van der Waals surface area contributed by atoms with Gasteiger partial charge in [-0.25, -0.2) is 4.99 Å². The number of hydrogen-bond donors (Lipinski definition) is 1. The van der Waals surface area contributed by atoms with Gasteiger partial charge in [0.2, 0.25) is 0 Å². The molecule has 0 aliphatic heterocycles. The summed E-state index contributed by atoms with van der Waals surface area (Å²) in [4.78, 5) is 17.7. The van der Waals surface area contributed by atoms with Crippen molar-refractivity contribution in [1.29, 1.82) is 5.26 Å². The fourth-order valence-electron chi connectivity index (χ4n) is 1.27. The lowest BCUT2D eigenvalue weighted by Crippen LogP contribution is -2.22. The highest BCUT2D eigenvalue weighted by atomic mass is 32.2. The summed E-state index contributed by atoms with van der Waals surface area (Å²) in [6.07, 6.45) is 3.62. The summed E-state index contributed by atoms with van der Waals surface area (Å²) >= 11 is 1.31. The molecule has 5 nitrogen and oxygen atoms in total. The lowest BCUT2D eigenvalue weighted by Gasteiger charge is -2.12. The first kappa shape index (κ1) is 14.1. The maximum Gasteiger partial charge on any atom is 0.255 e. The third-order valence-corrected chi connectivity index (χ3v) is 2.70. The van der Waals surface area contributed by atoms with E-state index in [2.05, 4.69) is 10.3 Å². The van der Waals surface area contributed by atoms with Crippen LogP contribution in [0.15, 0.2) is 29.3 Å². The minimum Gasteiger partial charge on any atom is -0.345 e. The third kappa shape index (κ3) is 3.50. The SMILES string of the molecule is CSC(=Nc1ccccc1C(=O)N(C)C)NC#N. The number of carbonyl (C=O) groups is 1. The predicted molar refractivity (Wildman–Crippen MR) is 73.8 cm³/mol. The first-order chi connectivity index (χ1) is 8.60. The van der Waals surface area contributed by atoms with E-state index in [1.54, 1.807) is 44.6 Å². The maximum atomic E-state index is 12.0. The standard InChI is InChI=1S/C12H14N4OS/c1-16(2)11(17)9-6-4-5-7-10(9)15-12(18-3)14-8-13/h4-7H,1-3H3,(H,14,15). The van der Waals surface area contributed by atoms with Crippen molar-refractivity contribution in [2.45, 2.75) is 0 Å². The molecule has 0 bridgehead atoms. The quantitative estimate of drug-likeness (QED) is 0.382. The molecule has 0 aromatic heterocycles. The molecule has 1 rings (SSSR count). The highest BCUT2D eigenvalue weighted by Gasteiger charge is 2.12. The zero-order chi connectivity index (χ0) is 13.5. The van der Waals surface area contributed by atoms with Crippen LogP contribution in [0.25, 0.3) is 0 Å². The molecule has 0 spiro atoms. The first-order valence-electron chi connectivity index (χ1n) is 5.18. The van der Waals surface area contributed by atoms with Crippen LogP contribution in [0.5, 0.6) is 0 Å². The largest absolute Gasteiger partial charge is 0.345 e. The van der Waals surface area contributed by atoms with Crippen molar-refractivity contribution in [3.63, 3.8) is 0 Å². The van der Waals surface area contributed by atoms with Crippen LogP contribution in [0.1, 0.15) is 10.4 Å². The second-order valence-electron chi connectivity index (χ2n) is 3.57. The number of thioether (sulfide) groups is 1. The third-order valence-electron chi connectivity index (χ3n) is 2.12. The number of nitrogens with one attached hydrogen (secondary N) is 1. The van der Waals surface area contributed by atoms with Gasteiger partial charge >= 0.3 is 0 Å². The van der Waals surface area contributed by atoms with Crippen molar-refractivity contribution >= 4 is 28.5 Å². The smallest absolute Gasteiger partial charge is 0.255 e. The van der Waals surface area contributed by atoms with E-state index in [1.807, 2.05) is 6.19 Å². The van der Waals surface area contributed by atoms with Crippen LogP contribution in [-0.2, 0) is 0 Å². The van der Waals surface area contributed by atoms with Crippen molar-refractivity contribution in [1.82, 2.24) is 10.2 Å². The monoisotopic (exact) mass is 262 g/mol. The van der Waals surface area contributed by atoms with Gasteiger partial charge in [-0.2, -0.15) is 5.26 Å². The molecule has 0 saturated heterocycles. The van der Waals surface area contributed by atoms with E-state index < -0.39 is 0 Å². The van der Waals surface area contributed by atoms with Crippen LogP contribution in [0, 0.1) is 11.5 Å². The predicted octanol–water partition coefficient (Wildman–Crippen LogP) is 1.81. The van der Waals surface area contributed by atoms with Crippen molar-refractivity contribution in [2.24, 2.45) is 4.99 Å². The van der Waals surface area contributed by atoms with E-state index in [9.17, 15) is 4.79 Å². The number of aliphatic imine (C=N–C) groups is 1. The summed E-state index contributed by atoms with van der Waals surface area (Å²) in [7, 11) is 3.37. The molecule has 0 aliphatic rings. The Labute approximate surface area is 111 Å². The van der Waals surface area contributed by atoms with Gasteiger partial charge in [-0.05, 0) is 18.4 Å². The Hall–Kier alpha value is -2.00. The van der Waals surface area contributed by atoms with Gasteiger partial charge in [0.05, 0.1) is 11.3 Å².